The Morgan fingerprint density at radius 2 is 2.35 bits per heavy atom. The van der Waals surface area contributed by atoms with Gasteiger partial charge in [-0.1, -0.05) is 15.9 Å². The molecule has 1 aliphatic heterocycles. The van der Waals surface area contributed by atoms with Crippen molar-refractivity contribution in [2.24, 2.45) is 0 Å². The van der Waals surface area contributed by atoms with E-state index in [4.69, 9.17) is 4.74 Å². The van der Waals surface area contributed by atoms with E-state index in [2.05, 4.69) is 63.0 Å². The second-order valence-electron chi connectivity index (χ2n) is 5.06. The number of methoxy groups -OCH3 is 1. The molecule has 0 radical (unpaired) electrons. The van der Waals surface area contributed by atoms with Crippen LogP contribution in [0.25, 0.3) is 0 Å². The zero-order valence-corrected chi connectivity index (χ0v) is 14.6. The van der Waals surface area contributed by atoms with Crippen molar-refractivity contribution in [2.45, 2.75) is 19.5 Å². The van der Waals surface area contributed by atoms with Crippen LogP contribution >= 0.6 is 27.7 Å². The summed E-state index contributed by atoms with van der Waals surface area (Å²) in [5, 5.41) is 3.45. The number of anilines is 1. The van der Waals surface area contributed by atoms with E-state index in [1.807, 2.05) is 0 Å². The van der Waals surface area contributed by atoms with Gasteiger partial charge in [-0.2, -0.15) is 11.8 Å². The Morgan fingerprint density at radius 1 is 1.50 bits per heavy atom. The summed E-state index contributed by atoms with van der Waals surface area (Å²) in [5.74, 6) is 2.43. The van der Waals surface area contributed by atoms with E-state index in [-0.39, 0.29) is 0 Å². The van der Waals surface area contributed by atoms with Crippen LogP contribution in [0.2, 0.25) is 0 Å². The molecule has 0 aromatic heterocycles. The molecule has 112 valence electrons. The van der Waals surface area contributed by atoms with E-state index in [0.29, 0.717) is 6.04 Å². The van der Waals surface area contributed by atoms with Gasteiger partial charge in [0.1, 0.15) is 0 Å². The van der Waals surface area contributed by atoms with Crippen molar-refractivity contribution < 1.29 is 4.74 Å². The maximum absolute atomic E-state index is 5.08. The molecule has 1 unspecified atom stereocenters. The monoisotopic (exact) mass is 358 g/mol. The molecule has 2 rings (SSSR count). The van der Waals surface area contributed by atoms with E-state index >= 15 is 0 Å². The molecule has 0 amide bonds. The summed E-state index contributed by atoms with van der Waals surface area (Å²) >= 11 is 5.63. The highest BCUT2D eigenvalue weighted by molar-refractivity contribution is 9.10. The molecular formula is C15H23BrN2OS. The first kappa shape index (κ1) is 16.1. The van der Waals surface area contributed by atoms with Crippen molar-refractivity contribution in [2.75, 3.05) is 43.2 Å². The molecule has 1 saturated heterocycles. The third kappa shape index (κ3) is 4.38. The molecule has 1 heterocycles. The topological polar surface area (TPSA) is 24.5 Å². The highest BCUT2D eigenvalue weighted by Crippen LogP contribution is 2.29. The molecule has 0 bridgehead atoms. The van der Waals surface area contributed by atoms with Gasteiger partial charge in [0.05, 0.1) is 6.61 Å². The summed E-state index contributed by atoms with van der Waals surface area (Å²) in [4.78, 5) is 2.54. The summed E-state index contributed by atoms with van der Waals surface area (Å²) in [6.07, 6.45) is 0. The Balaban J connectivity index is 2.10. The minimum atomic E-state index is 0.604. The van der Waals surface area contributed by atoms with Crippen molar-refractivity contribution in [1.82, 2.24) is 5.32 Å². The van der Waals surface area contributed by atoms with Crippen molar-refractivity contribution >= 4 is 33.4 Å². The normalized spacial score (nSPS) is 19.4. The number of hydrogen-bond donors (Lipinski definition) is 1. The minimum absolute atomic E-state index is 0.604. The number of halogens is 1. The average Bonchev–Trinajstić information content (AvgIpc) is 2.45. The van der Waals surface area contributed by atoms with Crippen molar-refractivity contribution in [1.29, 1.82) is 0 Å². The SMILES string of the molecule is COCCNCc1cc(Br)ccc1N1CCSCC1C. The number of nitrogens with one attached hydrogen (secondary N) is 1. The molecule has 1 N–H and O–H groups in total. The summed E-state index contributed by atoms with van der Waals surface area (Å²) in [6.45, 7) is 5.97. The second-order valence-corrected chi connectivity index (χ2v) is 7.13. The molecule has 3 nitrogen and oxygen atoms in total. The maximum Gasteiger partial charge on any atom is 0.0587 e. The maximum atomic E-state index is 5.08. The molecule has 5 heteroatoms. The lowest BCUT2D eigenvalue weighted by molar-refractivity contribution is 0.199. The minimum Gasteiger partial charge on any atom is -0.383 e. The van der Waals surface area contributed by atoms with E-state index in [1.54, 1.807) is 7.11 Å². The van der Waals surface area contributed by atoms with Gasteiger partial charge < -0.3 is 15.0 Å². The molecule has 1 atom stereocenters. The van der Waals surface area contributed by atoms with Crippen LogP contribution in [-0.2, 0) is 11.3 Å². The molecule has 20 heavy (non-hydrogen) atoms. The highest BCUT2D eigenvalue weighted by atomic mass is 79.9. The van der Waals surface area contributed by atoms with Gasteiger partial charge in [-0.05, 0) is 30.7 Å². The third-order valence-corrected chi connectivity index (χ3v) is 5.20. The van der Waals surface area contributed by atoms with Gasteiger partial charge >= 0.3 is 0 Å². The summed E-state index contributed by atoms with van der Waals surface area (Å²) in [5.41, 5.74) is 2.72. The first-order valence-electron chi connectivity index (χ1n) is 7.05. The largest absolute Gasteiger partial charge is 0.383 e. The smallest absolute Gasteiger partial charge is 0.0587 e. The van der Waals surface area contributed by atoms with Gasteiger partial charge in [0.25, 0.3) is 0 Å². The van der Waals surface area contributed by atoms with Crippen molar-refractivity contribution in [3.8, 4) is 0 Å². The van der Waals surface area contributed by atoms with Gasteiger partial charge in [0.15, 0.2) is 0 Å². The molecule has 1 aliphatic rings. The Labute approximate surface area is 134 Å². The molecule has 0 aliphatic carbocycles. The molecule has 0 spiro atoms. The van der Waals surface area contributed by atoms with Crippen LogP contribution in [0.15, 0.2) is 22.7 Å². The van der Waals surface area contributed by atoms with E-state index in [0.717, 1.165) is 30.7 Å². The van der Waals surface area contributed by atoms with Crippen LogP contribution in [0.1, 0.15) is 12.5 Å². The molecule has 1 aromatic rings. The van der Waals surface area contributed by atoms with Crippen LogP contribution in [0.3, 0.4) is 0 Å². The Hall–Kier alpha value is -0.230. The summed E-state index contributed by atoms with van der Waals surface area (Å²) in [6, 6.07) is 7.21. The lowest BCUT2D eigenvalue weighted by Gasteiger charge is -2.36. The number of benzene rings is 1. The highest BCUT2D eigenvalue weighted by Gasteiger charge is 2.21. The van der Waals surface area contributed by atoms with Crippen LogP contribution in [-0.4, -0.2) is 44.4 Å². The lowest BCUT2D eigenvalue weighted by Crippen LogP contribution is -2.41. The zero-order chi connectivity index (χ0) is 14.4. The van der Waals surface area contributed by atoms with Crippen LogP contribution in [0.4, 0.5) is 5.69 Å². The van der Waals surface area contributed by atoms with Crippen LogP contribution in [0.5, 0.6) is 0 Å². The Morgan fingerprint density at radius 3 is 3.10 bits per heavy atom. The first-order valence-corrected chi connectivity index (χ1v) is 8.99. The van der Waals surface area contributed by atoms with Crippen molar-refractivity contribution in [3.63, 3.8) is 0 Å². The lowest BCUT2D eigenvalue weighted by atomic mass is 10.1. The predicted octanol–water partition coefficient (Wildman–Crippen LogP) is 3.13. The number of hydrogen-bond acceptors (Lipinski definition) is 4. The van der Waals surface area contributed by atoms with Crippen LogP contribution < -0.4 is 10.2 Å². The van der Waals surface area contributed by atoms with E-state index < -0.39 is 0 Å². The predicted molar refractivity (Wildman–Crippen MR) is 91.9 cm³/mol. The van der Waals surface area contributed by atoms with Gasteiger partial charge in [0.2, 0.25) is 0 Å². The first-order chi connectivity index (χ1) is 9.72. The summed E-state index contributed by atoms with van der Waals surface area (Å²) in [7, 11) is 1.74. The fourth-order valence-electron chi connectivity index (χ4n) is 2.46. The molecule has 0 saturated carbocycles. The standard InChI is InChI=1S/C15H23BrN2OS/c1-12-11-20-8-6-18(12)15-4-3-14(16)9-13(15)10-17-5-7-19-2/h3-4,9,12,17H,5-8,10-11H2,1-2H3. The fraction of sp³-hybridized carbons (Fsp3) is 0.600. The Bertz CT molecular complexity index is 430. The Kier molecular flexibility index (Phi) is 6.68. The molecular weight excluding hydrogens is 336 g/mol. The number of thioether (sulfide) groups is 1. The zero-order valence-electron chi connectivity index (χ0n) is 12.2. The number of rotatable bonds is 6. The van der Waals surface area contributed by atoms with Gasteiger partial charge in [-0.3, -0.25) is 0 Å². The van der Waals surface area contributed by atoms with E-state index in [1.165, 1.54) is 22.8 Å². The summed E-state index contributed by atoms with van der Waals surface area (Å²) < 4.78 is 6.22. The van der Waals surface area contributed by atoms with Gasteiger partial charge in [-0.15, -0.1) is 0 Å². The molecule has 1 fully saturated rings. The van der Waals surface area contributed by atoms with E-state index in [9.17, 15) is 0 Å². The quantitative estimate of drug-likeness (QED) is 0.789. The second kappa shape index (κ2) is 8.27. The fourth-order valence-corrected chi connectivity index (χ4v) is 3.88. The molecule has 1 aromatic carbocycles. The third-order valence-electron chi connectivity index (χ3n) is 3.52. The van der Waals surface area contributed by atoms with Gasteiger partial charge in [0, 0.05) is 54.5 Å². The number of ether oxygens (including phenoxy) is 1. The average molecular weight is 359 g/mol. The van der Waals surface area contributed by atoms with Gasteiger partial charge in [-0.25, -0.2) is 0 Å². The van der Waals surface area contributed by atoms with Crippen LogP contribution in [0, 0.1) is 0 Å². The van der Waals surface area contributed by atoms with Crippen molar-refractivity contribution in [3.05, 3.63) is 28.2 Å². The number of nitrogens with zero attached hydrogens (tertiary/aromatic N) is 1.